The largest absolute Gasteiger partial charge is 0.378 e. The molecule has 0 atom stereocenters. The average Bonchev–Trinajstić information content (AvgIpc) is 2.84. The van der Waals surface area contributed by atoms with E-state index < -0.39 is 0 Å². The number of morpholine rings is 1. The van der Waals surface area contributed by atoms with Gasteiger partial charge < -0.3 is 19.4 Å². The first-order valence-corrected chi connectivity index (χ1v) is 12.7. The molecule has 0 unspecified atom stereocenters. The van der Waals surface area contributed by atoms with E-state index in [9.17, 15) is 9.59 Å². The van der Waals surface area contributed by atoms with Crippen LogP contribution in [0.1, 0.15) is 54.9 Å². The van der Waals surface area contributed by atoms with Crippen molar-refractivity contribution in [3.05, 3.63) is 58.6 Å². The van der Waals surface area contributed by atoms with Crippen LogP contribution in [0.5, 0.6) is 0 Å². The van der Waals surface area contributed by atoms with Gasteiger partial charge in [0.2, 0.25) is 5.91 Å². The molecule has 1 saturated heterocycles. The molecule has 0 saturated carbocycles. The Balaban J connectivity index is 1.64. The van der Waals surface area contributed by atoms with E-state index in [0.29, 0.717) is 43.4 Å². The number of ether oxygens (including phenoxy) is 1. The quantitative estimate of drug-likeness (QED) is 0.593. The maximum absolute atomic E-state index is 13.7. The Kier molecular flexibility index (Phi) is 8.46. The number of rotatable bonds is 2. The molecule has 1 fully saturated rings. The highest BCUT2D eigenvalue weighted by atomic mass is 35.5. The smallest absolute Gasteiger partial charge is 0.254 e. The van der Waals surface area contributed by atoms with Crippen molar-refractivity contribution in [2.45, 2.75) is 45.6 Å². The number of anilines is 2. The normalized spacial score (nSPS) is 18.0. The summed E-state index contributed by atoms with van der Waals surface area (Å²) in [6, 6.07) is 13.5. The molecule has 0 radical (unpaired) electrons. The molecule has 2 amide bonds. The average molecular weight is 484 g/mol. The van der Waals surface area contributed by atoms with Gasteiger partial charge in [0.1, 0.15) is 0 Å². The lowest BCUT2D eigenvalue weighted by molar-refractivity contribution is -0.116. The molecule has 2 aromatic carbocycles. The fourth-order valence-corrected chi connectivity index (χ4v) is 5.03. The van der Waals surface area contributed by atoms with Crippen LogP contribution in [0.25, 0.3) is 0 Å². The maximum Gasteiger partial charge on any atom is 0.254 e. The molecule has 182 valence electrons. The summed E-state index contributed by atoms with van der Waals surface area (Å²) in [7, 11) is 0. The number of amides is 2. The molecule has 0 aromatic heterocycles. The third-order valence-electron chi connectivity index (χ3n) is 6.67. The SMILES string of the molecule is CC(=O)N1CCCCCCCN(C(=O)c2ccc(Cl)c(N3CCOCC3)c2)Cc2ccccc21. The second kappa shape index (κ2) is 11.7. The van der Waals surface area contributed by atoms with Gasteiger partial charge in [-0.05, 0) is 42.7 Å². The fourth-order valence-electron chi connectivity index (χ4n) is 4.79. The first kappa shape index (κ1) is 24.6. The molecule has 34 heavy (non-hydrogen) atoms. The predicted molar refractivity (Wildman–Crippen MR) is 137 cm³/mol. The van der Waals surface area contributed by atoms with Gasteiger partial charge in [0.25, 0.3) is 5.91 Å². The lowest BCUT2D eigenvalue weighted by Gasteiger charge is -2.31. The lowest BCUT2D eigenvalue weighted by Crippen LogP contribution is -2.37. The predicted octanol–water partition coefficient (Wildman–Crippen LogP) is 5.14. The highest BCUT2D eigenvalue weighted by Gasteiger charge is 2.23. The number of hydrogen-bond donors (Lipinski definition) is 0. The number of nitrogens with zero attached hydrogens (tertiary/aromatic N) is 3. The Labute approximate surface area is 207 Å². The highest BCUT2D eigenvalue weighted by Crippen LogP contribution is 2.30. The lowest BCUT2D eigenvalue weighted by atomic mass is 10.1. The van der Waals surface area contributed by atoms with Crippen molar-refractivity contribution < 1.29 is 14.3 Å². The molecule has 0 spiro atoms. The molecule has 0 N–H and O–H groups in total. The van der Waals surface area contributed by atoms with E-state index in [0.717, 1.165) is 62.1 Å². The van der Waals surface area contributed by atoms with E-state index in [2.05, 4.69) is 4.90 Å². The van der Waals surface area contributed by atoms with Crippen LogP contribution in [0, 0.1) is 0 Å². The van der Waals surface area contributed by atoms with Crippen molar-refractivity contribution in [1.82, 2.24) is 4.90 Å². The van der Waals surface area contributed by atoms with Crippen LogP contribution < -0.4 is 9.80 Å². The van der Waals surface area contributed by atoms with E-state index in [1.807, 2.05) is 52.3 Å². The van der Waals surface area contributed by atoms with Crippen LogP contribution in [-0.2, 0) is 16.1 Å². The minimum atomic E-state index is -0.00702. The second-order valence-corrected chi connectivity index (χ2v) is 9.47. The number of halogens is 1. The molecule has 2 aliphatic heterocycles. The van der Waals surface area contributed by atoms with Crippen molar-refractivity contribution in [3.63, 3.8) is 0 Å². The molecule has 2 heterocycles. The van der Waals surface area contributed by atoms with Gasteiger partial charge in [-0.15, -0.1) is 0 Å². The molecule has 6 nitrogen and oxygen atoms in total. The van der Waals surface area contributed by atoms with E-state index in [1.54, 1.807) is 6.92 Å². The van der Waals surface area contributed by atoms with Crippen molar-refractivity contribution >= 4 is 34.8 Å². The molecule has 2 aromatic rings. The van der Waals surface area contributed by atoms with Crippen LogP contribution in [0.3, 0.4) is 0 Å². The molecular weight excluding hydrogens is 450 g/mol. The van der Waals surface area contributed by atoms with Crippen LogP contribution in [0.2, 0.25) is 5.02 Å². The first-order chi connectivity index (χ1) is 16.5. The number of para-hydroxylation sites is 1. The Morgan fingerprint density at radius 1 is 0.853 bits per heavy atom. The van der Waals surface area contributed by atoms with Gasteiger partial charge >= 0.3 is 0 Å². The zero-order valence-electron chi connectivity index (χ0n) is 20.0. The van der Waals surface area contributed by atoms with E-state index >= 15 is 0 Å². The third-order valence-corrected chi connectivity index (χ3v) is 6.99. The second-order valence-electron chi connectivity index (χ2n) is 9.06. The summed E-state index contributed by atoms with van der Waals surface area (Å²) in [4.78, 5) is 32.2. The summed E-state index contributed by atoms with van der Waals surface area (Å²) in [5, 5.41) is 0.648. The minimum absolute atomic E-state index is 0.00702. The summed E-state index contributed by atoms with van der Waals surface area (Å²) in [6.07, 6.45) is 5.22. The summed E-state index contributed by atoms with van der Waals surface area (Å²) in [5.41, 5.74) is 3.42. The van der Waals surface area contributed by atoms with Gasteiger partial charge in [0, 0.05) is 50.9 Å². The Bertz CT molecular complexity index is 1010. The van der Waals surface area contributed by atoms with Crippen molar-refractivity contribution in [3.8, 4) is 0 Å². The number of carbonyl (C=O) groups is 2. The van der Waals surface area contributed by atoms with Crippen LogP contribution in [-0.4, -0.2) is 56.1 Å². The maximum atomic E-state index is 13.7. The van der Waals surface area contributed by atoms with Gasteiger partial charge in [-0.1, -0.05) is 49.1 Å². The highest BCUT2D eigenvalue weighted by molar-refractivity contribution is 6.33. The number of fused-ring (bicyclic) bond motifs is 1. The third kappa shape index (κ3) is 5.91. The van der Waals surface area contributed by atoms with Crippen molar-refractivity contribution in [2.24, 2.45) is 0 Å². The zero-order chi connectivity index (χ0) is 23.9. The first-order valence-electron chi connectivity index (χ1n) is 12.3. The Morgan fingerprint density at radius 2 is 1.56 bits per heavy atom. The van der Waals surface area contributed by atoms with Crippen LogP contribution in [0.15, 0.2) is 42.5 Å². The number of benzene rings is 2. The van der Waals surface area contributed by atoms with Crippen molar-refractivity contribution in [1.29, 1.82) is 0 Å². The molecule has 0 aliphatic carbocycles. The van der Waals surface area contributed by atoms with Gasteiger partial charge in [0.15, 0.2) is 0 Å². The number of carbonyl (C=O) groups excluding carboxylic acids is 2. The molecule has 0 bridgehead atoms. The van der Waals surface area contributed by atoms with E-state index in [4.69, 9.17) is 16.3 Å². The van der Waals surface area contributed by atoms with Crippen molar-refractivity contribution in [2.75, 3.05) is 49.2 Å². The van der Waals surface area contributed by atoms with E-state index in [1.165, 1.54) is 0 Å². The van der Waals surface area contributed by atoms with Gasteiger partial charge in [-0.3, -0.25) is 9.59 Å². The van der Waals surface area contributed by atoms with E-state index in [-0.39, 0.29) is 11.8 Å². The van der Waals surface area contributed by atoms with Gasteiger partial charge in [-0.2, -0.15) is 0 Å². The standard InChI is InChI=1S/C27H34ClN3O3/c1-21(32)31-14-8-4-2-3-7-13-30(20-23-9-5-6-10-25(23)31)27(33)22-11-12-24(28)26(19-22)29-15-17-34-18-16-29/h5-6,9-12,19H,2-4,7-8,13-18,20H2,1H3. The monoisotopic (exact) mass is 483 g/mol. The topological polar surface area (TPSA) is 53.1 Å². The zero-order valence-corrected chi connectivity index (χ0v) is 20.7. The molecule has 2 aliphatic rings. The van der Waals surface area contributed by atoms with Crippen LogP contribution in [0.4, 0.5) is 11.4 Å². The van der Waals surface area contributed by atoms with Gasteiger partial charge in [0.05, 0.1) is 23.9 Å². The summed E-state index contributed by atoms with van der Waals surface area (Å²) in [5.74, 6) is 0.0302. The summed E-state index contributed by atoms with van der Waals surface area (Å²) >= 11 is 6.51. The van der Waals surface area contributed by atoms with Crippen LogP contribution >= 0.6 is 11.6 Å². The molecule has 7 heteroatoms. The molecule has 4 rings (SSSR count). The summed E-state index contributed by atoms with van der Waals surface area (Å²) < 4.78 is 5.47. The minimum Gasteiger partial charge on any atom is -0.378 e. The Hall–Kier alpha value is -2.57. The fraction of sp³-hybridized carbons (Fsp3) is 0.481. The molecular formula is C27H34ClN3O3. The summed E-state index contributed by atoms with van der Waals surface area (Å²) in [6.45, 7) is 6.31. The Morgan fingerprint density at radius 3 is 2.32 bits per heavy atom. The number of hydrogen-bond acceptors (Lipinski definition) is 4. The van der Waals surface area contributed by atoms with Gasteiger partial charge in [-0.25, -0.2) is 0 Å².